The van der Waals surface area contributed by atoms with E-state index in [9.17, 15) is 4.79 Å². The summed E-state index contributed by atoms with van der Waals surface area (Å²) in [4.78, 5) is 18.1. The van der Waals surface area contributed by atoms with E-state index in [0.717, 1.165) is 25.5 Å². The van der Waals surface area contributed by atoms with Gasteiger partial charge in [0.25, 0.3) is 0 Å². The summed E-state index contributed by atoms with van der Waals surface area (Å²) in [5.74, 6) is 1.11. The number of esters is 1. The molecule has 0 radical (unpaired) electrons. The number of anilines is 1. The van der Waals surface area contributed by atoms with E-state index in [1.54, 1.807) is 6.20 Å². The minimum atomic E-state index is -0.0966. The van der Waals surface area contributed by atoms with Gasteiger partial charge in [-0.2, -0.15) is 0 Å². The molecule has 0 aliphatic carbocycles. The van der Waals surface area contributed by atoms with Gasteiger partial charge in [0.15, 0.2) is 0 Å². The average molecular weight is 263 g/mol. The summed E-state index contributed by atoms with van der Waals surface area (Å²) in [6.07, 6.45) is 1.80. The Morgan fingerprint density at radius 2 is 2.37 bits per heavy atom. The first-order valence-corrected chi connectivity index (χ1v) is 6.57. The van der Waals surface area contributed by atoms with Gasteiger partial charge in [-0.25, -0.2) is 4.98 Å². The highest BCUT2D eigenvalue weighted by Gasteiger charge is 2.35. The number of aromatic nitrogens is 1. The molecule has 2 atom stereocenters. The highest BCUT2D eigenvalue weighted by atomic mass is 16.5. The maximum Gasteiger partial charge on any atom is 0.310 e. The summed E-state index contributed by atoms with van der Waals surface area (Å²) < 4.78 is 4.85. The molecule has 1 saturated heterocycles. The number of hydrogen-bond acceptors (Lipinski definition) is 5. The molecule has 1 aliphatic heterocycles. The van der Waals surface area contributed by atoms with Crippen LogP contribution < -0.4 is 5.32 Å². The first-order valence-electron chi connectivity index (χ1n) is 6.57. The van der Waals surface area contributed by atoms with Gasteiger partial charge in [0.2, 0.25) is 0 Å². The van der Waals surface area contributed by atoms with Crippen LogP contribution >= 0.6 is 0 Å². The smallest absolute Gasteiger partial charge is 0.310 e. The van der Waals surface area contributed by atoms with Gasteiger partial charge < -0.3 is 10.1 Å². The van der Waals surface area contributed by atoms with Crippen LogP contribution in [0.15, 0.2) is 18.3 Å². The zero-order valence-electron chi connectivity index (χ0n) is 11.7. The normalized spacial score (nSPS) is 23.3. The molecule has 1 N–H and O–H groups in total. The lowest BCUT2D eigenvalue weighted by molar-refractivity contribution is -0.146. The van der Waals surface area contributed by atoms with Crippen LogP contribution in [0.5, 0.6) is 0 Å². The zero-order chi connectivity index (χ0) is 13.8. The lowest BCUT2D eigenvalue weighted by Crippen LogP contribution is -2.24. The Kier molecular flexibility index (Phi) is 4.37. The van der Waals surface area contributed by atoms with Crippen molar-refractivity contribution in [2.45, 2.75) is 13.5 Å². The maximum absolute atomic E-state index is 11.7. The molecule has 1 aromatic rings. The number of hydrogen-bond donors (Lipinski definition) is 1. The second-order valence-corrected chi connectivity index (χ2v) is 5.10. The third kappa shape index (κ3) is 3.23. The second kappa shape index (κ2) is 6.02. The highest BCUT2D eigenvalue weighted by molar-refractivity contribution is 5.73. The maximum atomic E-state index is 11.7. The van der Waals surface area contributed by atoms with Crippen LogP contribution in [0.4, 0.5) is 5.82 Å². The molecule has 0 bridgehead atoms. The highest BCUT2D eigenvalue weighted by Crippen LogP contribution is 2.25. The molecule has 0 spiro atoms. The number of nitrogens with one attached hydrogen (secondary N) is 1. The summed E-state index contributed by atoms with van der Waals surface area (Å²) in [5.41, 5.74) is 1.21. The molecule has 19 heavy (non-hydrogen) atoms. The van der Waals surface area contributed by atoms with Gasteiger partial charge >= 0.3 is 5.97 Å². The first-order chi connectivity index (χ1) is 9.13. The fourth-order valence-corrected chi connectivity index (χ4v) is 2.62. The Labute approximate surface area is 114 Å². The van der Waals surface area contributed by atoms with Crippen LogP contribution in [-0.4, -0.2) is 43.1 Å². The Morgan fingerprint density at radius 3 is 3.05 bits per heavy atom. The fraction of sp³-hybridized carbons (Fsp3) is 0.571. The van der Waals surface area contributed by atoms with Crippen molar-refractivity contribution in [3.8, 4) is 0 Å². The van der Waals surface area contributed by atoms with Crippen LogP contribution in [0.3, 0.4) is 0 Å². The molecule has 2 heterocycles. The monoisotopic (exact) mass is 263 g/mol. The van der Waals surface area contributed by atoms with Gasteiger partial charge in [0.1, 0.15) is 5.82 Å². The van der Waals surface area contributed by atoms with Crippen molar-refractivity contribution in [1.29, 1.82) is 0 Å². The van der Waals surface area contributed by atoms with Crippen molar-refractivity contribution in [3.05, 3.63) is 23.9 Å². The van der Waals surface area contributed by atoms with Gasteiger partial charge in [0.05, 0.1) is 13.0 Å². The van der Waals surface area contributed by atoms with E-state index in [0.29, 0.717) is 5.92 Å². The molecule has 2 unspecified atom stereocenters. The molecular formula is C14H21N3O2. The molecule has 0 saturated carbocycles. The predicted molar refractivity (Wildman–Crippen MR) is 73.7 cm³/mol. The topological polar surface area (TPSA) is 54.5 Å². The second-order valence-electron chi connectivity index (χ2n) is 5.10. The number of nitrogens with zero attached hydrogens (tertiary/aromatic N) is 2. The number of carbonyl (C=O) groups excluding carboxylic acids is 1. The van der Waals surface area contributed by atoms with E-state index in [4.69, 9.17) is 4.74 Å². The van der Waals surface area contributed by atoms with Gasteiger partial charge in [-0.3, -0.25) is 9.69 Å². The van der Waals surface area contributed by atoms with Crippen LogP contribution in [0.25, 0.3) is 0 Å². The van der Waals surface area contributed by atoms with Crippen molar-refractivity contribution in [3.63, 3.8) is 0 Å². The third-order valence-corrected chi connectivity index (χ3v) is 3.68. The molecule has 0 aromatic carbocycles. The van der Waals surface area contributed by atoms with Crippen molar-refractivity contribution in [2.75, 3.05) is 32.6 Å². The van der Waals surface area contributed by atoms with Crippen molar-refractivity contribution in [1.82, 2.24) is 9.88 Å². The lowest BCUT2D eigenvalue weighted by atomic mass is 9.99. The number of ether oxygens (including phenoxy) is 1. The number of methoxy groups -OCH3 is 1. The van der Waals surface area contributed by atoms with Crippen molar-refractivity contribution < 1.29 is 9.53 Å². The van der Waals surface area contributed by atoms with Crippen LogP contribution in [0.2, 0.25) is 0 Å². The summed E-state index contributed by atoms with van der Waals surface area (Å²) in [5, 5.41) is 3.03. The number of rotatable bonds is 4. The van der Waals surface area contributed by atoms with E-state index >= 15 is 0 Å². The standard InChI is InChI=1S/C14H21N3O2/c1-10-7-17(9-12(10)14(18)19-3)8-11-4-5-16-13(6-11)15-2/h4-6,10,12H,7-9H2,1-3H3,(H,15,16). The summed E-state index contributed by atoms with van der Waals surface area (Å²) in [6, 6.07) is 4.05. The van der Waals surface area contributed by atoms with Crippen molar-refractivity contribution in [2.24, 2.45) is 11.8 Å². The van der Waals surface area contributed by atoms with Gasteiger partial charge in [-0.15, -0.1) is 0 Å². The SMILES string of the molecule is CNc1cc(CN2CC(C)C(C(=O)OC)C2)ccn1. The molecule has 1 fully saturated rings. The van der Waals surface area contributed by atoms with Gasteiger partial charge in [-0.1, -0.05) is 6.92 Å². The van der Waals surface area contributed by atoms with Crippen LogP contribution in [0.1, 0.15) is 12.5 Å². The largest absolute Gasteiger partial charge is 0.469 e. The predicted octanol–water partition coefficient (Wildman–Crippen LogP) is 1.36. The summed E-state index contributed by atoms with van der Waals surface area (Å²) in [6.45, 7) is 4.64. The van der Waals surface area contributed by atoms with Crippen LogP contribution in [-0.2, 0) is 16.1 Å². The third-order valence-electron chi connectivity index (χ3n) is 3.68. The Hall–Kier alpha value is -1.62. The molecule has 1 aromatic heterocycles. The molecule has 5 nitrogen and oxygen atoms in total. The van der Waals surface area contributed by atoms with Crippen molar-refractivity contribution >= 4 is 11.8 Å². The Balaban J connectivity index is 1.99. The zero-order valence-corrected chi connectivity index (χ0v) is 11.7. The first kappa shape index (κ1) is 13.8. The summed E-state index contributed by atoms with van der Waals surface area (Å²) >= 11 is 0. The summed E-state index contributed by atoms with van der Waals surface area (Å²) in [7, 11) is 3.32. The molecule has 2 rings (SSSR count). The lowest BCUT2D eigenvalue weighted by Gasteiger charge is -2.15. The molecule has 1 aliphatic rings. The van der Waals surface area contributed by atoms with Gasteiger partial charge in [0, 0.05) is 32.9 Å². The minimum Gasteiger partial charge on any atom is -0.469 e. The van der Waals surface area contributed by atoms with Crippen LogP contribution in [0, 0.1) is 11.8 Å². The van der Waals surface area contributed by atoms with E-state index in [1.807, 2.05) is 19.2 Å². The Morgan fingerprint density at radius 1 is 1.58 bits per heavy atom. The quantitative estimate of drug-likeness (QED) is 0.831. The number of likely N-dealkylation sites (tertiary alicyclic amines) is 1. The fourth-order valence-electron chi connectivity index (χ4n) is 2.62. The minimum absolute atomic E-state index is 0.00407. The van der Waals surface area contributed by atoms with E-state index in [2.05, 4.69) is 22.1 Å². The molecule has 0 amide bonds. The number of pyridine rings is 1. The number of carbonyl (C=O) groups is 1. The average Bonchev–Trinajstić information content (AvgIpc) is 2.79. The molecule has 5 heteroatoms. The molecule has 104 valence electrons. The van der Waals surface area contributed by atoms with E-state index < -0.39 is 0 Å². The van der Waals surface area contributed by atoms with Gasteiger partial charge in [-0.05, 0) is 23.6 Å². The molecular weight excluding hydrogens is 242 g/mol. The Bertz CT molecular complexity index is 450. The van der Waals surface area contributed by atoms with E-state index in [1.165, 1.54) is 12.7 Å². The van der Waals surface area contributed by atoms with E-state index in [-0.39, 0.29) is 11.9 Å².